The lowest BCUT2D eigenvalue weighted by atomic mass is 9.96. The van der Waals surface area contributed by atoms with E-state index in [-0.39, 0.29) is 42.7 Å². The van der Waals surface area contributed by atoms with Gasteiger partial charge in [-0.3, -0.25) is 14.3 Å². The Kier molecular flexibility index (Phi) is 11.1. The van der Waals surface area contributed by atoms with Gasteiger partial charge >= 0.3 is 0 Å². The van der Waals surface area contributed by atoms with Crippen LogP contribution in [0.15, 0.2) is 36.5 Å². The molecule has 0 bridgehead atoms. The fourth-order valence-corrected chi connectivity index (χ4v) is 4.24. The van der Waals surface area contributed by atoms with Gasteiger partial charge in [0.25, 0.3) is 0 Å². The minimum Gasteiger partial charge on any atom is -0.391 e. The number of amides is 2. The monoisotopic (exact) mass is 499 g/mol. The first-order valence-electron chi connectivity index (χ1n) is 13.1. The van der Waals surface area contributed by atoms with E-state index in [9.17, 15) is 14.7 Å². The lowest BCUT2D eigenvalue weighted by Crippen LogP contribution is -2.48. The Hall–Kier alpha value is -2.71. The number of aliphatic hydroxyl groups is 1. The number of benzene rings is 1. The Bertz CT molecular complexity index is 970. The summed E-state index contributed by atoms with van der Waals surface area (Å²) >= 11 is 0. The van der Waals surface area contributed by atoms with Crippen LogP contribution >= 0.6 is 0 Å². The summed E-state index contributed by atoms with van der Waals surface area (Å²) < 4.78 is 2.00. The van der Waals surface area contributed by atoms with Crippen LogP contribution < -0.4 is 5.32 Å². The van der Waals surface area contributed by atoms with E-state index in [4.69, 9.17) is 0 Å². The minimum atomic E-state index is -0.675. The largest absolute Gasteiger partial charge is 0.391 e. The molecule has 4 atom stereocenters. The number of likely N-dealkylation sites (tertiary alicyclic amines) is 1. The second-order valence-corrected chi connectivity index (χ2v) is 10.0. The number of likely N-dealkylation sites (N-methyl/N-ethyl adjacent to an activating group) is 1. The molecule has 1 aromatic carbocycles. The Morgan fingerprint density at radius 2 is 1.75 bits per heavy atom. The van der Waals surface area contributed by atoms with E-state index in [0.717, 1.165) is 29.9 Å². The first-order valence-corrected chi connectivity index (χ1v) is 13.1. The lowest BCUT2D eigenvalue weighted by molar-refractivity contribution is -0.142. The van der Waals surface area contributed by atoms with Crippen molar-refractivity contribution in [3.63, 3.8) is 0 Å². The topological polar surface area (TPSA) is 90.7 Å². The predicted octanol–water partition coefficient (Wildman–Crippen LogP) is 3.57. The van der Waals surface area contributed by atoms with Crippen LogP contribution in [0.3, 0.4) is 0 Å². The summed E-state index contributed by atoms with van der Waals surface area (Å²) in [4.78, 5) is 29.6. The third kappa shape index (κ3) is 7.40. The van der Waals surface area contributed by atoms with E-state index in [1.807, 2.05) is 96.8 Å². The van der Waals surface area contributed by atoms with Crippen LogP contribution in [-0.4, -0.2) is 75.8 Å². The average molecular weight is 500 g/mol. The molecule has 8 nitrogen and oxygen atoms in total. The van der Waals surface area contributed by atoms with E-state index in [2.05, 4.69) is 15.3 Å². The summed E-state index contributed by atoms with van der Waals surface area (Å²) in [5.41, 5.74) is 3.10. The highest BCUT2D eigenvalue weighted by Crippen LogP contribution is 2.25. The molecule has 1 aliphatic heterocycles. The molecule has 0 radical (unpaired) electrons. The standard InChI is InChI=1S/C26H39N5O3.C2H6/c1-17(2)18(3)26(34)30-16-22(32)15-24(30)25(33)28-19(4)20-7-9-21(10-8-20)23-11-12-27-31(23)14-13-29(5)6;1-2/h7-12,17-19,22,24,32H,13-16H2,1-6H3,(H,28,33);1-2H3. The smallest absolute Gasteiger partial charge is 0.243 e. The summed E-state index contributed by atoms with van der Waals surface area (Å²) in [7, 11) is 4.08. The number of rotatable bonds is 9. The molecule has 2 N–H and O–H groups in total. The van der Waals surface area contributed by atoms with Crippen molar-refractivity contribution in [3.8, 4) is 11.3 Å². The number of carbonyl (C=O) groups is 2. The molecule has 3 rings (SSSR count). The zero-order valence-corrected chi connectivity index (χ0v) is 23.2. The number of aromatic nitrogens is 2. The molecule has 0 aliphatic carbocycles. The van der Waals surface area contributed by atoms with Crippen LogP contribution in [-0.2, 0) is 16.1 Å². The molecular formula is C28H45N5O3. The Balaban J connectivity index is 0.00000222. The first-order chi connectivity index (χ1) is 17.1. The van der Waals surface area contributed by atoms with Crippen LogP contribution in [0.25, 0.3) is 11.3 Å². The van der Waals surface area contributed by atoms with E-state index in [0.29, 0.717) is 0 Å². The van der Waals surface area contributed by atoms with Gasteiger partial charge in [0, 0.05) is 31.6 Å². The molecule has 1 aliphatic rings. The van der Waals surface area contributed by atoms with Crippen molar-refractivity contribution < 1.29 is 14.7 Å². The Morgan fingerprint density at radius 3 is 2.33 bits per heavy atom. The summed E-state index contributed by atoms with van der Waals surface area (Å²) in [5, 5.41) is 17.6. The van der Waals surface area contributed by atoms with Crippen LogP contribution in [0.1, 0.15) is 59.6 Å². The van der Waals surface area contributed by atoms with Crippen molar-refractivity contribution in [2.24, 2.45) is 11.8 Å². The first kappa shape index (κ1) is 29.5. The molecule has 1 fully saturated rings. The highest BCUT2D eigenvalue weighted by Gasteiger charge is 2.40. The SMILES string of the molecule is CC.CC(NC(=O)C1CC(O)CN1C(=O)C(C)C(C)C)c1ccc(-c2ccnn2CCN(C)C)cc1. The molecule has 200 valence electrons. The molecule has 2 heterocycles. The molecule has 1 saturated heterocycles. The van der Waals surface area contributed by atoms with Gasteiger partial charge < -0.3 is 20.2 Å². The van der Waals surface area contributed by atoms with Gasteiger partial charge in [0.05, 0.1) is 24.4 Å². The maximum Gasteiger partial charge on any atom is 0.243 e. The molecule has 2 amide bonds. The number of hydrogen-bond donors (Lipinski definition) is 2. The number of carbonyl (C=O) groups excluding carboxylic acids is 2. The second-order valence-electron chi connectivity index (χ2n) is 10.0. The van der Waals surface area contributed by atoms with E-state index < -0.39 is 12.1 Å². The highest BCUT2D eigenvalue weighted by atomic mass is 16.3. The number of nitrogens with one attached hydrogen (secondary N) is 1. The van der Waals surface area contributed by atoms with Crippen molar-refractivity contribution in [3.05, 3.63) is 42.1 Å². The van der Waals surface area contributed by atoms with Gasteiger partial charge in [-0.25, -0.2) is 0 Å². The van der Waals surface area contributed by atoms with Gasteiger partial charge in [0.2, 0.25) is 11.8 Å². The van der Waals surface area contributed by atoms with Crippen LogP contribution in [0.4, 0.5) is 0 Å². The summed E-state index contributed by atoms with van der Waals surface area (Å²) in [5.74, 6) is -0.323. The molecule has 4 unspecified atom stereocenters. The van der Waals surface area contributed by atoms with Gasteiger partial charge in [0.1, 0.15) is 6.04 Å². The molecule has 36 heavy (non-hydrogen) atoms. The van der Waals surface area contributed by atoms with Gasteiger partial charge in [0.15, 0.2) is 0 Å². The fourth-order valence-electron chi connectivity index (χ4n) is 4.24. The van der Waals surface area contributed by atoms with E-state index >= 15 is 0 Å². The third-order valence-corrected chi connectivity index (χ3v) is 6.80. The predicted molar refractivity (Wildman–Crippen MR) is 144 cm³/mol. The minimum absolute atomic E-state index is 0.0745. The maximum absolute atomic E-state index is 13.1. The highest BCUT2D eigenvalue weighted by molar-refractivity contribution is 5.89. The van der Waals surface area contributed by atoms with Gasteiger partial charge in [-0.1, -0.05) is 58.9 Å². The van der Waals surface area contributed by atoms with Gasteiger partial charge in [-0.05, 0) is 44.1 Å². The van der Waals surface area contributed by atoms with E-state index in [1.54, 1.807) is 4.90 Å². The van der Waals surface area contributed by atoms with Crippen molar-refractivity contribution in [1.82, 2.24) is 24.9 Å². The van der Waals surface area contributed by atoms with Crippen molar-refractivity contribution in [2.75, 3.05) is 27.2 Å². The summed E-state index contributed by atoms with van der Waals surface area (Å²) in [6.45, 7) is 13.7. The second kappa shape index (κ2) is 13.6. The third-order valence-electron chi connectivity index (χ3n) is 6.80. The normalized spacial score (nSPS) is 19.1. The van der Waals surface area contributed by atoms with E-state index in [1.165, 1.54) is 0 Å². The van der Waals surface area contributed by atoms with Crippen LogP contribution in [0.5, 0.6) is 0 Å². The average Bonchev–Trinajstić information content (AvgIpc) is 3.49. The molecular weight excluding hydrogens is 454 g/mol. The summed E-state index contributed by atoms with van der Waals surface area (Å²) in [6.07, 6.45) is 1.40. The Labute approximate surface area is 216 Å². The number of aliphatic hydroxyl groups excluding tert-OH is 1. The van der Waals surface area contributed by atoms with Crippen molar-refractivity contribution >= 4 is 11.8 Å². The summed E-state index contributed by atoms with van der Waals surface area (Å²) in [6, 6.07) is 9.24. The number of hydrogen-bond acceptors (Lipinski definition) is 5. The quantitative estimate of drug-likeness (QED) is 0.551. The molecule has 8 heteroatoms. The molecule has 2 aromatic rings. The van der Waals surface area contributed by atoms with Gasteiger partial charge in [-0.2, -0.15) is 5.10 Å². The lowest BCUT2D eigenvalue weighted by Gasteiger charge is -2.29. The maximum atomic E-state index is 13.1. The zero-order valence-electron chi connectivity index (χ0n) is 23.2. The number of nitrogens with zero attached hydrogens (tertiary/aromatic N) is 4. The fraction of sp³-hybridized carbons (Fsp3) is 0.607. The zero-order chi connectivity index (χ0) is 27.0. The van der Waals surface area contributed by atoms with Crippen molar-refractivity contribution in [2.45, 2.75) is 72.7 Å². The van der Waals surface area contributed by atoms with Crippen LogP contribution in [0, 0.1) is 11.8 Å². The van der Waals surface area contributed by atoms with Gasteiger partial charge in [-0.15, -0.1) is 0 Å². The van der Waals surface area contributed by atoms with Crippen LogP contribution in [0.2, 0.25) is 0 Å². The molecule has 0 saturated carbocycles. The molecule has 0 spiro atoms. The number of β-amino-alcohol motifs (C(OH)–C–C–N with tert-alkyl or cyclic N) is 1. The molecule has 1 aromatic heterocycles. The Morgan fingerprint density at radius 1 is 1.11 bits per heavy atom. The van der Waals surface area contributed by atoms with Crippen molar-refractivity contribution in [1.29, 1.82) is 0 Å².